The van der Waals surface area contributed by atoms with E-state index in [1.165, 1.54) is 12.3 Å². The Bertz CT molecular complexity index is 792. The smallest absolute Gasteiger partial charge is 0.274 e. The van der Waals surface area contributed by atoms with Crippen LogP contribution in [0.4, 0.5) is 5.69 Å². The number of carbonyl (C=O) groups excluding carboxylic acids is 2. The summed E-state index contributed by atoms with van der Waals surface area (Å²) in [7, 11) is 0. The fraction of sp³-hybridized carbons (Fsp3) is 0.222. The minimum Gasteiger partial charge on any atom is -0.339 e. The van der Waals surface area contributed by atoms with Crippen molar-refractivity contribution >= 4 is 17.5 Å². The maximum absolute atomic E-state index is 12.4. The summed E-state index contributed by atoms with van der Waals surface area (Å²) in [5, 5.41) is 11.7. The molecule has 1 heterocycles. The van der Waals surface area contributed by atoms with Crippen molar-refractivity contribution in [2.24, 2.45) is 0 Å². The molecule has 0 saturated carbocycles. The minimum atomic E-state index is -0.466. The first-order chi connectivity index (χ1) is 11.6. The van der Waals surface area contributed by atoms with Gasteiger partial charge < -0.3 is 10.2 Å². The van der Waals surface area contributed by atoms with Gasteiger partial charge in [0.15, 0.2) is 0 Å². The zero-order valence-electron chi connectivity index (χ0n) is 13.6. The van der Waals surface area contributed by atoms with Gasteiger partial charge in [-0.3, -0.25) is 14.6 Å². The third-order valence-corrected chi connectivity index (χ3v) is 3.59. The number of pyridine rings is 1. The highest BCUT2D eigenvalue weighted by Crippen LogP contribution is 2.15. The zero-order valence-corrected chi connectivity index (χ0v) is 13.6. The van der Waals surface area contributed by atoms with Gasteiger partial charge >= 0.3 is 0 Å². The number of benzene rings is 1. The maximum atomic E-state index is 12.4. The van der Waals surface area contributed by atoms with E-state index in [1.54, 1.807) is 35.2 Å². The Morgan fingerprint density at radius 3 is 2.58 bits per heavy atom. The molecule has 0 unspecified atom stereocenters. The molecular weight excluding hydrogens is 304 g/mol. The van der Waals surface area contributed by atoms with Gasteiger partial charge in [-0.2, -0.15) is 5.26 Å². The average molecular weight is 322 g/mol. The predicted octanol–water partition coefficient (Wildman–Crippen LogP) is 2.69. The number of rotatable bonds is 5. The molecule has 1 N–H and O–H groups in total. The fourth-order valence-corrected chi connectivity index (χ4v) is 2.26. The van der Waals surface area contributed by atoms with E-state index in [9.17, 15) is 9.59 Å². The summed E-state index contributed by atoms with van der Waals surface area (Å²) >= 11 is 0. The number of amides is 2. The molecule has 1 aromatic carbocycles. The summed E-state index contributed by atoms with van der Waals surface area (Å²) in [6.07, 6.45) is 1.43. The summed E-state index contributed by atoms with van der Waals surface area (Å²) in [6.45, 7) is 4.98. The lowest BCUT2D eigenvalue weighted by Gasteiger charge is -2.18. The van der Waals surface area contributed by atoms with Crippen molar-refractivity contribution in [1.29, 1.82) is 5.26 Å². The topological polar surface area (TPSA) is 86.1 Å². The highest BCUT2D eigenvalue weighted by Gasteiger charge is 2.16. The monoisotopic (exact) mass is 322 g/mol. The molecule has 2 rings (SSSR count). The van der Waals surface area contributed by atoms with Crippen molar-refractivity contribution in [2.75, 3.05) is 18.4 Å². The van der Waals surface area contributed by atoms with Gasteiger partial charge in [-0.25, -0.2) is 0 Å². The zero-order chi connectivity index (χ0) is 17.5. The number of nitrogens with one attached hydrogen (secondary N) is 1. The van der Waals surface area contributed by atoms with Crippen molar-refractivity contribution in [3.63, 3.8) is 0 Å². The first-order valence-corrected chi connectivity index (χ1v) is 7.66. The van der Waals surface area contributed by atoms with Crippen LogP contribution in [-0.4, -0.2) is 34.8 Å². The predicted molar refractivity (Wildman–Crippen MR) is 90.6 cm³/mol. The van der Waals surface area contributed by atoms with Gasteiger partial charge in [-0.15, -0.1) is 0 Å². The summed E-state index contributed by atoms with van der Waals surface area (Å²) in [5.41, 5.74) is 1.31. The van der Waals surface area contributed by atoms with E-state index >= 15 is 0 Å². The van der Waals surface area contributed by atoms with E-state index in [4.69, 9.17) is 5.26 Å². The normalized spacial score (nSPS) is 9.88. The highest BCUT2D eigenvalue weighted by atomic mass is 16.2. The quantitative estimate of drug-likeness (QED) is 0.917. The Hall–Kier alpha value is -3.20. The van der Waals surface area contributed by atoms with Crippen LogP contribution in [0.15, 0.2) is 42.6 Å². The van der Waals surface area contributed by atoms with Crippen LogP contribution in [0.3, 0.4) is 0 Å². The second-order valence-electron chi connectivity index (χ2n) is 5.02. The summed E-state index contributed by atoms with van der Waals surface area (Å²) in [5.74, 6) is -0.610. The molecule has 6 heteroatoms. The molecule has 1 aromatic heterocycles. The first kappa shape index (κ1) is 17.2. The second-order valence-corrected chi connectivity index (χ2v) is 5.02. The van der Waals surface area contributed by atoms with Crippen LogP contribution in [0.1, 0.15) is 40.3 Å². The number of hydrogen-bond acceptors (Lipinski definition) is 4. The lowest BCUT2D eigenvalue weighted by Crippen LogP contribution is -2.30. The number of nitrogens with zero attached hydrogens (tertiary/aromatic N) is 3. The van der Waals surface area contributed by atoms with Crippen LogP contribution in [0, 0.1) is 11.3 Å². The standard InChI is InChI=1S/C18H18N4O2/c1-3-22(4-2)18(24)13-9-10-20-16(11-13)17(23)21-15-8-6-5-7-14(15)12-19/h5-11H,3-4H2,1-2H3,(H,21,23). The average Bonchev–Trinajstić information content (AvgIpc) is 2.63. The van der Waals surface area contributed by atoms with Crippen molar-refractivity contribution < 1.29 is 9.59 Å². The summed E-state index contributed by atoms with van der Waals surface area (Å²) in [4.78, 5) is 30.4. The Labute approximate surface area is 140 Å². The van der Waals surface area contributed by atoms with Crippen LogP contribution in [0.5, 0.6) is 0 Å². The first-order valence-electron chi connectivity index (χ1n) is 7.66. The third kappa shape index (κ3) is 3.76. The van der Waals surface area contributed by atoms with Crippen molar-refractivity contribution in [3.05, 3.63) is 59.4 Å². The van der Waals surface area contributed by atoms with Gasteiger partial charge in [0.25, 0.3) is 11.8 Å². The molecule has 0 saturated heterocycles. The molecule has 0 atom stereocenters. The Balaban J connectivity index is 2.24. The second kappa shape index (κ2) is 7.88. The SMILES string of the molecule is CCN(CC)C(=O)c1ccnc(C(=O)Nc2ccccc2C#N)c1. The number of nitriles is 1. The molecule has 6 nitrogen and oxygen atoms in total. The lowest BCUT2D eigenvalue weighted by molar-refractivity contribution is 0.0773. The van der Waals surface area contributed by atoms with Gasteiger partial charge in [0.2, 0.25) is 0 Å². The largest absolute Gasteiger partial charge is 0.339 e. The number of carbonyl (C=O) groups is 2. The molecule has 0 bridgehead atoms. The van der Waals surface area contributed by atoms with E-state index in [-0.39, 0.29) is 11.6 Å². The summed E-state index contributed by atoms with van der Waals surface area (Å²) < 4.78 is 0. The molecule has 0 aliphatic heterocycles. The number of hydrogen-bond donors (Lipinski definition) is 1. The molecular formula is C18H18N4O2. The van der Waals surface area contributed by atoms with Crippen molar-refractivity contribution in [3.8, 4) is 6.07 Å². The molecule has 122 valence electrons. The van der Waals surface area contributed by atoms with Crippen LogP contribution < -0.4 is 5.32 Å². The van der Waals surface area contributed by atoms with Crippen molar-refractivity contribution in [1.82, 2.24) is 9.88 Å². The number of anilines is 1. The summed E-state index contributed by atoms with van der Waals surface area (Å²) in [6, 6.07) is 11.8. The van der Waals surface area contributed by atoms with E-state index in [0.717, 1.165) is 0 Å². The number of para-hydroxylation sites is 1. The van der Waals surface area contributed by atoms with Gasteiger partial charge in [0, 0.05) is 24.8 Å². The molecule has 0 radical (unpaired) electrons. The van der Waals surface area contributed by atoms with E-state index < -0.39 is 5.91 Å². The lowest BCUT2D eigenvalue weighted by atomic mass is 10.1. The van der Waals surface area contributed by atoms with Crippen LogP contribution >= 0.6 is 0 Å². The van der Waals surface area contributed by atoms with E-state index in [1.807, 2.05) is 19.9 Å². The van der Waals surface area contributed by atoms with Crippen LogP contribution in [0.2, 0.25) is 0 Å². The highest BCUT2D eigenvalue weighted by molar-refractivity contribution is 6.05. The van der Waals surface area contributed by atoms with Gasteiger partial charge in [-0.05, 0) is 38.1 Å². The van der Waals surface area contributed by atoms with Crippen LogP contribution in [-0.2, 0) is 0 Å². The Morgan fingerprint density at radius 2 is 1.92 bits per heavy atom. The van der Waals surface area contributed by atoms with Gasteiger partial charge in [0.05, 0.1) is 11.3 Å². The molecule has 0 aliphatic rings. The van der Waals surface area contributed by atoms with Gasteiger partial charge in [-0.1, -0.05) is 12.1 Å². The van der Waals surface area contributed by atoms with E-state index in [0.29, 0.717) is 29.9 Å². The minimum absolute atomic E-state index is 0.126. The molecule has 0 spiro atoms. The Morgan fingerprint density at radius 1 is 1.21 bits per heavy atom. The van der Waals surface area contributed by atoms with Crippen LogP contribution in [0.25, 0.3) is 0 Å². The number of aromatic nitrogens is 1. The molecule has 24 heavy (non-hydrogen) atoms. The molecule has 0 fully saturated rings. The third-order valence-electron chi connectivity index (χ3n) is 3.59. The van der Waals surface area contributed by atoms with Crippen molar-refractivity contribution in [2.45, 2.75) is 13.8 Å². The Kier molecular flexibility index (Phi) is 5.63. The molecule has 2 amide bonds. The van der Waals surface area contributed by atoms with E-state index in [2.05, 4.69) is 10.3 Å². The fourth-order valence-electron chi connectivity index (χ4n) is 2.26. The molecule has 0 aliphatic carbocycles. The maximum Gasteiger partial charge on any atom is 0.274 e. The van der Waals surface area contributed by atoms with Gasteiger partial charge in [0.1, 0.15) is 11.8 Å². The molecule has 2 aromatic rings.